The molecule has 0 aromatic heterocycles. The second-order valence-electron chi connectivity index (χ2n) is 5.70. The van der Waals surface area contributed by atoms with Gasteiger partial charge in [-0.2, -0.15) is 0 Å². The number of benzene rings is 1. The number of nitrogens with zero attached hydrogens (tertiary/aromatic N) is 2. The zero-order valence-electron chi connectivity index (χ0n) is 12.0. The van der Waals surface area contributed by atoms with Gasteiger partial charge in [0, 0.05) is 25.6 Å². The minimum absolute atomic E-state index is 0.363. The van der Waals surface area contributed by atoms with Gasteiger partial charge in [0.15, 0.2) is 0 Å². The molecule has 1 heterocycles. The highest BCUT2D eigenvalue weighted by Crippen LogP contribution is 2.16. The zero-order valence-corrected chi connectivity index (χ0v) is 12.0. The molecule has 0 radical (unpaired) electrons. The van der Waals surface area contributed by atoms with Crippen molar-refractivity contribution in [2.75, 3.05) is 13.1 Å². The molecule has 0 spiro atoms. The van der Waals surface area contributed by atoms with E-state index in [0.717, 1.165) is 38.3 Å². The molecule has 0 atom stereocenters. The van der Waals surface area contributed by atoms with E-state index in [2.05, 4.69) is 54.1 Å². The van der Waals surface area contributed by atoms with E-state index >= 15 is 0 Å². The summed E-state index contributed by atoms with van der Waals surface area (Å²) in [5, 5.41) is 0. The first kappa shape index (κ1) is 14.1. The molecule has 3 heteroatoms. The van der Waals surface area contributed by atoms with Crippen LogP contribution < -0.4 is 5.73 Å². The summed E-state index contributed by atoms with van der Waals surface area (Å²) in [5.74, 6) is 1.17. The lowest BCUT2D eigenvalue weighted by atomic mass is 10.0. The van der Waals surface area contributed by atoms with Gasteiger partial charge in [-0.1, -0.05) is 44.2 Å². The van der Waals surface area contributed by atoms with Crippen LogP contribution in [0.3, 0.4) is 0 Å². The Kier molecular flexibility index (Phi) is 4.97. The molecule has 0 aliphatic carbocycles. The maximum Gasteiger partial charge on any atom is 0.0966 e. The minimum Gasteiger partial charge on any atom is -0.387 e. The molecule has 0 saturated carbocycles. The summed E-state index contributed by atoms with van der Waals surface area (Å²) in [6.45, 7) is 7.49. The monoisotopic (exact) mass is 259 g/mol. The summed E-state index contributed by atoms with van der Waals surface area (Å²) in [6, 6.07) is 11.1. The first-order valence-corrected chi connectivity index (χ1v) is 7.24. The molecule has 19 heavy (non-hydrogen) atoms. The Labute approximate surface area is 116 Å². The predicted molar refractivity (Wildman–Crippen MR) is 81.2 cm³/mol. The summed E-state index contributed by atoms with van der Waals surface area (Å²) in [5.41, 5.74) is 7.34. The largest absolute Gasteiger partial charge is 0.387 e. The van der Waals surface area contributed by atoms with Crippen LogP contribution in [0.15, 0.2) is 35.3 Å². The van der Waals surface area contributed by atoms with Gasteiger partial charge in [-0.25, -0.2) is 0 Å². The van der Waals surface area contributed by atoms with Crippen LogP contribution in [0.25, 0.3) is 0 Å². The number of amidine groups is 1. The van der Waals surface area contributed by atoms with Crippen LogP contribution in [0, 0.1) is 5.92 Å². The number of rotatable bonds is 4. The molecule has 1 aromatic rings. The van der Waals surface area contributed by atoms with Crippen molar-refractivity contribution in [2.45, 2.75) is 39.3 Å². The van der Waals surface area contributed by atoms with Crippen LogP contribution in [0.2, 0.25) is 0 Å². The van der Waals surface area contributed by atoms with Crippen molar-refractivity contribution in [1.82, 2.24) is 4.90 Å². The average molecular weight is 259 g/mol. The highest BCUT2D eigenvalue weighted by Gasteiger charge is 2.19. The quantitative estimate of drug-likeness (QED) is 0.667. The molecule has 0 amide bonds. The van der Waals surface area contributed by atoms with Gasteiger partial charge < -0.3 is 5.73 Å². The van der Waals surface area contributed by atoms with Crippen LogP contribution in [0.5, 0.6) is 0 Å². The topological polar surface area (TPSA) is 41.6 Å². The zero-order chi connectivity index (χ0) is 13.7. The lowest BCUT2D eigenvalue weighted by Crippen LogP contribution is -2.36. The van der Waals surface area contributed by atoms with Crippen LogP contribution in [0.1, 0.15) is 32.3 Å². The van der Waals surface area contributed by atoms with Gasteiger partial charge in [0.2, 0.25) is 0 Å². The summed E-state index contributed by atoms with van der Waals surface area (Å²) in [6.07, 6.45) is 2.25. The standard InChI is InChI=1S/C16H25N3/c1-13(2)16(17)18-15-8-10-19(11-9-15)12-14-6-4-3-5-7-14/h3-7,13,15H,8-12H2,1-2H3,(H2,17,18). The first-order valence-electron chi connectivity index (χ1n) is 7.24. The van der Waals surface area contributed by atoms with Crippen LogP contribution in [-0.4, -0.2) is 29.9 Å². The number of likely N-dealkylation sites (tertiary alicyclic amines) is 1. The third-order valence-electron chi connectivity index (χ3n) is 3.73. The molecule has 1 aliphatic rings. The Morgan fingerprint density at radius 1 is 1.26 bits per heavy atom. The van der Waals surface area contributed by atoms with E-state index in [1.807, 2.05) is 0 Å². The highest BCUT2D eigenvalue weighted by atomic mass is 15.1. The maximum atomic E-state index is 5.94. The first-order chi connectivity index (χ1) is 9.15. The predicted octanol–water partition coefficient (Wildman–Crippen LogP) is 2.66. The number of aliphatic imine (C=N–C) groups is 1. The molecule has 0 bridgehead atoms. The average Bonchev–Trinajstić information content (AvgIpc) is 2.42. The third-order valence-corrected chi connectivity index (χ3v) is 3.73. The van der Waals surface area contributed by atoms with E-state index in [0.29, 0.717) is 12.0 Å². The fraction of sp³-hybridized carbons (Fsp3) is 0.562. The van der Waals surface area contributed by atoms with Crippen molar-refractivity contribution in [3.05, 3.63) is 35.9 Å². The van der Waals surface area contributed by atoms with Crippen molar-refractivity contribution in [3.63, 3.8) is 0 Å². The van der Waals surface area contributed by atoms with Crippen LogP contribution >= 0.6 is 0 Å². The number of hydrogen-bond acceptors (Lipinski definition) is 2. The highest BCUT2D eigenvalue weighted by molar-refractivity contribution is 5.82. The van der Waals surface area contributed by atoms with Crippen molar-refractivity contribution in [1.29, 1.82) is 0 Å². The van der Waals surface area contributed by atoms with Gasteiger partial charge in [0.25, 0.3) is 0 Å². The van der Waals surface area contributed by atoms with E-state index in [1.165, 1.54) is 5.56 Å². The summed E-state index contributed by atoms with van der Waals surface area (Å²) in [4.78, 5) is 7.15. The Morgan fingerprint density at radius 3 is 2.47 bits per heavy atom. The van der Waals surface area contributed by atoms with E-state index in [9.17, 15) is 0 Å². The number of hydrogen-bond donors (Lipinski definition) is 1. The van der Waals surface area contributed by atoms with Gasteiger partial charge in [-0.3, -0.25) is 9.89 Å². The summed E-state index contributed by atoms with van der Waals surface area (Å²) < 4.78 is 0. The van der Waals surface area contributed by atoms with Gasteiger partial charge >= 0.3 is 0 Å². The Morgan fingerprint density at radius 2 is 1.89 bits per heavy atom. The second-order valence-corrected chi connectivity index (χ2v) is 5.70. The van der Waals surface area contributed by atoms with E-state index in [-0.39, 0.29) is 0 Å². The molecule has 1 saturated heterocycles. The normalized spacial score (nSPS) is 19.0. The Bertz CT molecular complexity index is 403. The van der Waals surface area contributed by atoms with E-state index in [1.54, 1.807) is 0 Å². The van der Waals surface area contributed by atoms with Crippen molar-refractivity contribution < 1.29 is 0 Å². The Balaban J connectivity index is 1.81. The lowest BCUT2D eigenvalue weighted by molar-refractivity contribution is 0.206. The molecule has 2 N–H and O–H groups in total. The molecule has 1 fully saturated rings. The molecule has 1 aliphatic heterocycles. The molecule has 1 aromatic carbocycles. The van der Waals surface area contributed by atoms with Crippen molar-refractivity contribution in [3.8, 4) is 0 Å². The number of piperidine rings is 1. The fourth-order valence-electron chi connectivity index (χ4n) is 2.41. The van der Waals surface area contributed by atoms with Crippen LogP contribution in [-0.2, 0) is 6.54 Å². The summed E-state index contributed by atoms with van der Waals surface area (Å²) >= 11 is 0. The minimum atomic E-state index is 0.363. The van der Waals surface area contributed by atoms with Crippen molar-refractivity contribution >= 4 is 5.84 Å². The molecular weight excluding hydrogens is 234 g/mol. The van der Waals surface area contributed by atoms with Gasteiger partial charge in [0.1, 0.15) is 0 Å². The van der Waals surface area contributed by atoms with Gasteiger partial charge in [0.05, 0.1) is 11.9 Å². The smallest absolute Gasteiger partial charge is 0.0966 e. The van der Waals surface area contributed by atoms with E-state index in [4.69, 9.17) is 5.73 Å². The maximum absolute atomic E-state index is 5.94. The third kappa shape index (κ3) is 4.35. The second kappa shape index (κ2) is 6.71. The molecular formula is C16H25N3. The molecule has 3 nitrogen and oxygen atoms in total. The summed E-state index contributed by atoms with van der Waals surface area (Å²) in [7, 11) is 0. The van der Waals surface area contributed by atoms with Gasteiger partial charge in [-0.15, -0.1) is 0 Å². The lowest BCUT2D eigenvalue weighted by Gasteiger charge is -2.30. The number of nitrogens with two attached hydrogens (primary N) is 1. The van der Waals surface area contributed by atoms with Crippen molar-refractivity contribution in [2.24, 2.45) is 16.6 Å². The van der Waals surface area contributed by atoms with Gasteiger partial charge in [-0.05, 0) is 18.4 Å². The molecule has 2 rings (SSSR count). The molecule has 104 valence electrons. The fourth-order valence-corrected chi connectivity index (χ4v) is 2.41. The SMILES string of the molecule is CC(C)C(N)=NC1CCN(Cc2ccccc2)CC1. The molecule has 0 unspecified atom stereocenters. The van der Waals surface area contributed by atoms with Crippen LogP contribution in [0.4, 0.5) is 0 Å². The Hall–Kier alpha value is -1.35. The van der Waals surface area contributed by atoms with E-state index < -0.39 is 0 Å².